The van der Waals surface area contributed by atoms with E-state index in [2.05, 4.69) is 9.47 Å². The van der Waals surface area contributed by atoms with Crippen molar-refractivity contribution >= 4 is 17.7 Å². The molecule has 0 bridgehead atoms. The Morgan fingerprint density at radius 3 is 2.17 bits per heavy atom. The number of hydrogen-bond acceptors (Lipinski definition) is 12. The molecule has 7 atom stereocenters. The van der Waals surface area contributed by atoms with Crippen LogP contribution in [0.2, 0.25) is 0 Å². The van der Waals surface area contributed by atoms with E-state index in [-0.39, 0.29) is 0 Å². The molecule has 24 heavy (non-hydrogen) atoms. The number of aliphatic hydroxyl groups excluding tert-OH is 7. The molecule has 7 unspecified atom stereocenters. The molecular formula is C12H18O12. The number of cyclic esters (lactones) is 1. The van der Waals surface area contributed by atoms with Crippen LogP contribution in [0.15, 0.2) is 0 Å². The van der Waals surface area contributed by atoms with Gasteiger partial charge in [0.05, 0.1) is 6.61 Å². The molecule has 0 spiro atoms. The summed E-state index contributed by atoms with van der Waals surface area (Å²) >= 11 is 0. The molecule has 1 saturated heterocycles. The third-order valence-corrected chi connectivity index (χ3v) is 3.26. The van der Waals surface area contributed by atoms with Crippen LogP contribution in [0.5, 0.6) is 0 Å². The van der Waals surface area contributed by atoms with E-state index >= 15 is 0 Å². The maximum atomic E-state index is 11.5. The second-order valence-corrected chi connectivity index (χ2v) is 5.04. The zero-order chi connectivity index (χ0) is 18.6. The lowest BCUT2D eigenvalue weighted by Crippen LogP contribution is -2.49. The van der Waals surface area contributed by atoms with E-state index in [1.165, 1.54) is 0 Å². The first-order chi connectivity index (χ1) is 11.1. The minimum absolute atomic E-state index is 0.933. The molecule has 1 aliphatic rings. The number of ether oxygens (including phenoxy) is 2. The van der Waals surface area contributed by atoms with Crippen molar-refractivity contribution in [3.8, 4) is 0 Å². The molecular weight excluding hydrogens is 336 g/mol. The lowest BCUT2D eigenvalue weighted by molar-refractivity contribution is -0.175. The fraction of sp³-hybridized carbons (Fsp3) is 0.750. The van der Waals surface area contributed by atoms with Crippen molar-refractivity contribution in [3.05, 3.63) is 0 Å². The average Bonchev–Trinajstić information content (AvgIpc) is 2.83. The van der Waals surface area contributed by atoms with Crippen molar-refractivity contribution < 1.29 is 59.6 Å². The van der Waals surface area contributed by atoms with E-state index in [1.54, 1.807) is 0 Å². The number of rotatable bonds is 8. The summed E-state index contributed by atoms with van der Waals surface area (Å²) in [6.07, 6.45) is -14.1. The van der Waals surface area contributed by atoms with Gasteiger partial charge in [0, 0.05) is 0 Å². The van der Waals surface area contributed by atoms with E-state index in [9.17, 15) is 34.8 Å². The highest BCUT2D eigenvalue weighted by molar-refractivity contribution is 6.09. The van der Waals surface area contributed by atoms with Crippen LogP contribution in [0.3, 0.4) is 0 Å². The van der Waals surface area contributed by atoms with Gasteiger partial charge in [-0.2, -0.15) is 0 Å². The van der Waals surface area contributed by atoms with Crippen LogP contribution >= 0.6 is 0 Å². The molecule has 0 radical (unpaired) electrons. The number of ketones is 1. The number of hydrogen-bond donors (Lipinski definition) is 7. The van der Waals surface area contributed by atoms with Crippen molar-refractivity contribution in [1.82, 2.24) is 0 Å². The van der Waals surface area contributed by atoms with Gasteiger partial charge in [0.1, 0.15) is 31.0 Å². The summed E-state index contributed by atoms with van der Waals surface area (Å²) in [5.41, 5.74) is 0. The topological polar surface area (TPSA) is 211 Å². The van der Waals surface area contributed by atoms with Gasteiger partial charge in [-0.25, -0.2) is 9.59 Å². The Labute approximate surface area is 134 Å². The maximum absolute atomic E-state index is 11.5. The summed E-state index contributed by atoms with van der Waals surface area (Å²) in [6.45, 7) is -1.88. The zero-order valence-corrected chi connectivity index (χ0v) is 12.1. The van der Waals surface area contributed by atoms with Crippen LogP contribution in [0.4, 0.5) is 0 Å². The Hall–Kier alpha value is -1.67. The van der Waals surface area contributed by atoms with E-state index in [4.69, 9.17) is 15.3 Å². The van der Waals surface area contributed by atoms with Gasteiger partial charge >= 0.3 is 11.9 Å². The minimum Gasteiger partial charge on any atom is -0.461 e. The number of esters is 2. The third kappa shape index (κ3) is 4.45. The highest BCUT2D eigenvalue weighted by atomic mass is 16.6. The Morgan fingerprint density at radius 2 is 1.71 bits per heavy atom. The molecule has 1 fully saturated rings. The molecule has 0 amide bonds. The summed E-state index contributed by atoms with van der Waals surface area (Å²) < 4.78 is 8.78. The highest BCUT2D eigenvalue weighted by Gasteiger charge is 2.46. The van der Waals surface area contributed by atoms with Crippen molar-refractivity contribution in [2.75, 3.05) is 13.2 Å². The van der Waals surface area contributed by atoms with Gasteiger partial charge in [-0.1, -0.05) is 0 Å². The smallest absolute Gasteiger partial charge is 0.343 e. The predicted molar refractivity (Wildman–Crippen MR) is 69.0 cm³/mol. The van der Waals surface area contributed by atoms with E-state index in [0.717, 1.165) is 0 Å². The predicted octanol–water partition coefficient (Wildman–Crippen LogP) is -5.82. The van der Waals surface area contributed by atoms with Gasteiger partial charge in [-0.15, -0.1) is 0 Å². The first-order valence-corrected chi connectivity index (χ1v) is 6.71. The second-order valence-electron chi connectivity index (χ2n) is 5.04. The first kappa shape index (κ1) is 20.4. The van der Waals surface area contributed by atoms with Gasteiger partial charge in [0.2, 0.25) is 11.9 Å². The van der Waals surface area contributed by atoms with Gasteiger partial charge in [-0.3, -0.25) is 4.79 Å². The molecule has 0 aliphatic carbocycles. The lowest BCUT2D eigenvalue weighted by Gasteiger charge is -2.25. The molecule has 138 valence electrons. The highest BCUT2D eigenvalue weighted by Crippen LogP contribution is 2.15. The molecule has 0 aromatic rings. The summed E-state index contributed by atoms with van der Waals surface area (Å²) in [5, 5.41) is 64.6. The van der Waals surface area contributed by atoms with Gasteiger partial charge in [0.15, 0.2) is 12.2 Å². The molecule has 0 aromatic carbocycles. The van der Waals surface area contributed by atoms with Crippen molar-refractivity contribution in [2.45, 2.75) is 42.7 Å². The van der Waals surface area contributed by atoms with Crippen LogP contribution in [-0.4, -0.2) is 109 Å². The van der Waals surface area contributed by atoms with Crippen molar-refractivity contribution in [3.63, 3.8) is 0 Å². The van der Waals surface area contributed by atoms with Crippen LogP contribution in [0.1, 0.15) is 0 Å². The van der Waals surface area contributed by atoms with Gasteiger partial charge in [0.25, 0.3) is 0 Å². The number of carbonyl (C=O) groups excluding carboxylic acids is 3. The Bertz CT molecular complexity index is 479. The Balaban J connectivity index is 2.53. The molecule has 12 heteroatoms. The van der Waals surface area contributed by atoms with Gasteiger partial charge < -0.3 is 45.2 Å². The number of carbonyl (C=O) groups is 3. The normalized spacial score (nSPS) is 27.1. The minimum atomic E-state index is -2.33. The molecule has 1 rings (SSSR count). The van der Waals surface area contributed by atoms with Crippen LogP contribution in [-0.2, 0) is 23.9 Å². The van der Waals surface area contributed by atoms with Crippen LogP contribution < -0.4 is 0 Å². The summed E-state index contributed by atoms with van der Waals surface area (Å²) in [4.78, 5) is 33.8. The van der Waals surface area contributed by atoms with E-state index in [0.29, 0.717) is 0 Å². The average molecular weight is 354 g/mol. The molecule has 1 heterocycles. The van der Waals surface area contributed by atoms with Crippen molar-refractivity contribution in [2.24, 2.45) is 0 Å². The quantitative estimate of drug-likeness (QED) is 0.160. The molecule has 12 nitrogen and oxygen atoms in total. The van der Waals surface area contributed by atoms with Crippen LogP contribution in [0.25, 0.3) is 0 Å². The van der Waals surface area contributed by atoms with E-state index < -0.39 is 73.7 Å². The monoisotopic (exact) mass is 354 g/mol. The Morgan fingerprint density at radius 1 is 1.12 bits per heavy atom. The lowest BCUT2D eigenvalue weighted by atomic mass is 10.0. The SMILES string of the molecule is O=C1OC(C(O)COC(=O)C(O)C(O)C(O)C(O)CO)C(=O)C1O. The Kier molecular flexibility index (Phi) is 7.16. The van der Waals surface area contributed by atoms with Crippen molar-refractivity contribution in [1.29, 1.82) is 0 Å². The van der Waals surface area contributed by atoms with Crippen LogP contribution in [0, 0.1) is 0 Å². The molecule has 0 saturated carbocycles. The third-order valence-electron chi connectivity index (χ3n) is 3.26. The maximum Gasteiger partial charge on any atom is 0.343 e. The molecule has 1 aliphatic heterocycles. The fourth-order valence-corrected chi connectivity index (χ4v) is 1.79. The first-order valence-electron chi connectivity index (χ1n) is 6.71. The zero-order valence-electron chi connectivity index (χ0n) is 12.1. The van der Waals surface area contributed by atoms with E-state index in [1.807, 2.05) is 0 Å². The standard InChI is InChI=1S/C12H18O12/c13-1-3(14)5(16)6(17)8(19)11(21)23-2-4(15)10-7(18)9(20)12(22)24-10/h3-6,8-10,13-17,19-20H,1-2H2. The number of aliphatic hydroxyl groups is 7. The molecule has 7 N–H and O–H groups in total. The summed E-state index contributed by atoms with van der Waals surface area (Å²) in [7, 11) is 0. The van der Waals surface area contributed by atoms with Gasteiger partial charge in [-0.05, 0) is 0 Å². The summed E-state index contributed by atoms with van der Waals surface area (Å²) in [5.74, 6) is -3.93. The second kappa shape index (κ2) is 8.43. The molecule has 0 aromatic heterocycles. The number of Topliss-reactive ketones (excluding diaryl/α,β-unsaturated/α-hetero) is 1. The summed E-state index contributed by atoms with van der Waals surface area (Å²) in [6, 6.07) is 0. The fourth-order valence-electron chi connectivity index (χ4n) is 1.79. The largest absolute Gasteiger partial charge is 0.461 e.